The van der Waals surface area contributed by atoms with Crippen molar-refractivity contribution in [2.75, 3.05) is 25.5 Å². The van der Waals surface area contributed by atoms with Gasteiger partial charge >= 0.3 is 0 Å². The van der Waals surface area contributed by atoms with Crippen molar-refractivity contribution >= 4 is 17.5 Å². The number of carbonyl (C=O) groups excluding carboxylic acids is 2. The minimum Gasteiger partial charge on any atom is -0.376 e. The fraction of sp³-hybridized carbons (Fsp3) is 0.467. The zero-order valence-electron chi connectivity index (χ0n) is 11.9. The minimum atomic E-state index is -0.151. The standard InChI is InChI=1S/C15H20N2O3/c1-11(18)16-13-6-3-5-12(9-13)15(19)17(2)10-14-7-4-8-20-14/h3,5-6,9,14H,4,7-8,10H2,1-2H3,(H,16,18). The van der Waals surface area contributed by atoms with E-state index in [1.54, 1.807) is 36.2 Å². The molecular formula is C15H20N2O3. The van der Waals surface area contributed by atoms with Crippen molar-refractivity contribution in [1.29, 1.82) is 0 Å². The topological polar surface area (TPSA) is 58.6 Å². The number of rotatable bonds is 4. The maximum Gasteiger partial charge on any atom is 0.253 e. The number of carbonyl (C=O) groups is 2. The van der Waals surface area contributed by atoms with Gasteiger partial charge in [0, 0.05) is 38.4 Å². The molecule has 5 nitrogen and oxygen atoms in total. The van der Waals surface area contributed by atoms with Gasteiger partial charge in [-0.1, -0.05) is 6.07 Å². The van der Waals surface area contributed by atoms with Crippen LogP contribution in [0.2, 0.25) is 0 Å². The fourth-order valence-electron chi connectivity index (χ4n) is 2.33. The van der Waals surface area contributed by atoms with Crippen LogP contribution in [0, 0.1) is 0 Å². The van der Waals surface area contributed by atoms with Gasteiger partial charge in [-0.15, -0.1) is 0 Å². The molecular weight excluding hydrogens is 256 g/mol. The normalized spacial score (nSPS) is 17.8. The molecule has 0 radical (unpaired) electrons. The highest BCUT2D eigenvalue weighted by Crippen LogP contribution is 2.16. The predicted molar refractivity (Wildman–Crippen MR) is 76.7 cm³/mol. The lowest BCUT2D eigenvalue weighted by Crippen LogP contribution is -2.34. The Kier molecular flexibility index (Phi) is 4.74. The lowest BCUT2D eigenvalue weighted by molar-refractivity contribution is -0.114. The van der Waals surface area contributed by atoms with Crippen LogP contribution in [0.3, 0.4) is 0 Å². The fourth-order valence-corrected chi connectivity index (χ4v) is 2.33. The Morgan fingerprint density at radius 3 is 2.90 bits per heavy atom. The van der Waals surface area contributed by atoms with Crippen LogP contribution in [0.5, 0.6) is 0 Å². The second kappa shape index (κ2) is 6.52. The average molecular weight is 276 g/mol. The number of benzene rings is 1. The molecule has 0 bridgehead atoms. The number of nitrogens with zero attached hydrogens (tertiary/aromatic N) is 1. The van der Waals surface area contributed by atoms with Crippen molar-refractivity contribution in [3.8, 4) is 0 Å². The Morgan fingerprint density at radius 1 is 1.45 bits per heavy atom. The third kappa shape index (κ3) is 3.81. The summed E-state index contributed by atoms with van der Waals surface area (Å²) in [5.41, 5.74) is 1.20. The summed E-state index contributed by atoms with van der Waals surface area (Å²) in [6.45, 7) is 2.83. The zero-order chi connectivity index (χ0) is 14.5. The van der Waals surface area contributed by atoms with Gasteiger partial charge in [0.25, 0.3) is 5.91 Å². The molecule has 20 heavy (non-hydrogen) atoms. The summed E-state index contributed by atoms with van der Waals surface area (Å²) in [5, 5.41) is 2.68. The number of hydrogen-bond donors (Lipinski definition) is 1. The number of ether oxygens (including phenoxy) is 1. The van der Waals surface area contributed by atoms with E-state index in [-0.39, 0.29) is 17.9 Å². The molecule has 1 aliphatic heterocycles. The lowest BCUT2D eigenvalue weighted by atomic mass is 10.1. The highest BCUT2D eigenvalue weighted by molar-refractivity contribution is 5.96. The monoisotopic (exact) mass is 276 g/mol. The van der Waals surface area contributed by atoms with E-state index in [0.29, 0.717) is 17.8 Å². The van der Waals surface area contributed by atoms with Gasteiger partial charge in [0.15, 0.2) is 0 Å². The smallest absolute Gasteiger partial charge is 0.253 e. The first-order valence-electron chi connectivity index (χ1n) is 6.81. The van der Waals surface area contributed by atoms with E-state index in [9.17, 15) is 9.59 Å². The quantitative estimate of drug-likeness (QED) is 0.913. The number of anilines is 1. The molecule has 1 aromatic rings. The molecule has 0 saturated carbocycles. The Balaban J connectivity index is 2.01. The van der Waals surface area contributed by atoms with E-state index in [1.165, 1.54) is 6.92 Å². The maximum absolute atomic E-state index is 12.3. The van der Waals surface area contributed by atoms with Gasteiger partial charge in [0.1, 0.15) is 0 Å². The average Bonchev–Trinajstić information content (AvgIpc) is 2.90. The van der Waals surface area contributed by atoms with E-state index in [1.807, 2.05) is 0 Å². The summed E-state index contributed by atoms with van der Waals surface area (Å²) >= 11 is 0. The van der Waals surface area contributed by atoms with E-state index < -0.39 is 0 Å². The summed E-state index contributed by atoms with van der Waals surface area (Å²) in [7, 11) is 1.77. The summed E-state index contributed by atoms with van der Waals surface area (Å²) in [4.78, 5) is 25.0. The first-order chi connectivity index (χ1) is 9.56. The summed E-state index contributed by atoms with van der Waals surface area (Å²) in [6.07, 6.45) is 2.20. The van der Waals surface area contributed by atoms with Crippen LogP contribution in [0.25, 0.3) is 0 Å². The van der Waals surface area contributed by atoms with Crippen molar-refractivity contribution in [1.82, 2.24) is 4.90 Å². The molecule has 2 amide bonds. The molecule has 0 spiro atoms. The van der Waals surface area contributed by atoms with Crippen LogP contribution in [0.1, 0.15) is 30.1 Å². The number of likely N-dealkylation sites (N-methyl/N-ethyl adjacent to an activating group) is 1. The third-order valence-corrected chi connectivity index (χ3v) is 3.28. The van der Waals surface area contributed by atoms with Gasteiger partial charge in [0.05, 0.1) is 6.10 Å². The van der Waals surface area contributed by atoms with E-state index in [0.717, 1.165) is 19.4 Å². The van der Waals surface area contributed by atoms with Crippen LogP contribution < -0.4 is 5.32 Å². The van der Waals surface area contributed by atoms with Gasteiger partial charge < -0.3 is 15.0 Å². The van der Waals surface area contributed by atoms with E-state index in [2.05, 4.69) is 5.32 Å². The molecule has 1 unspecified atom stereocenters. The molecule has 1 saturated heterocycles. The van der Waals surface area contributed by atoms with Crippen molar-refractivity contribution in [3.05, 3.63) is 29.8 Å². The SMILES string of the molecule is CC(=O)Nc1cccc(C(=O)N(C)CC2CCCO2)c1. The molecule has 0 aromatic heterocycles. The molecule has 1 atom stereocenters. The lowest BCUT2D eigenvalue weighted by Gasteiger charge is -2.21. The molecule has 1 heterocycles. The van der Waals surface area contributed by atoms with Crippen molar-refractivity contribution in [2.45, 2.75) is 25.9 Å². The molecule has 1 aliphatic rings. The Morgan fingerprint density at radius 2 is 2.25 bits per heavy atom. The zero-order valence-corrected chi connectivity index (χ0v) is 11.9. The van der Waals surface area contributed by atoms with Gasteiger partial charge in [-0.3, -0.25) is 9.59 Å². The Bertz CT molecular complexity index is 496. The third-order valence-electron chi connectivity index (χ3n) is 3.28. The summed E-state index contributed by atoms with van der Waals surface area (Å²) in [6, 6.07) is 6.96. The van der Waals surface area contributed by atoms with Gasteiger partial charge in [0.2, 0.25) is 5.91 Å². The number of amides is 2. The molecule has 1 N–H and O–H groups in total. The van der Waals surface area contributed by atoms with Crippen LogP contribution >= 0.6 is 0 Å². The molecule has 2 rings (SSSR count). The van der Waals surface area contributed by atoms with Crippen molar-refractivity contribution in [2.24, 2.45) is 0 Å². The largest absolute Gasteiger partial charge is 0.376 e. The minimum absolute atomic E-state index is 0.0623. The predicted octanol–water partition coefficient (Wildman–Crippen LogP) is 1.90. The van der Waals surface area contributed by atoms with Gasteiger partial charge in [-0.05, 0) is 31.0 Å². The molecule has 5 heteroatoms. The summed E-state index contributed by atoms with van der Waals surface area (Å²) in [5.74, 6) is -0.213. The van der Waals surface area contributed by atoms with Gasteiger partial charge in [-0.2, -0.15) is 0 Å². The Hall–Kier alpha value is -1.88. The number of hydrogen-bond acceptors (Lipinski definition) is 3. The molecule has 1 aromatic carbocycles. The molecule has 108 valence electrons. The van der Waals surface area contributed by atoms with Crippen LogP contribution in [0.15, 0.2) is 24.3 Å². The van der Waals surface area contributed by atoms with Crippen LogP contribution in [0.4, 0.5) is 5.69 Å². The molecule has 0 aliphatic carbocycles. The van der Waals surface area contributed by atoms with E-state index in [4.69, 9.17) is 4.74 Å². The highest BCUT2D eigenvalue weighted by atomic mass is 16.5. The second-order valence-corrected chi connectivity index (χ2v) is 5.08. The van der Waals surface area contributed by atoms with Crippen molar-refractivity contribution in [3.63, 3.8) is 0 Å². The maximum atomic E-state index is 12.3. The van der Waals surface area contributed by atoms with Crippen LogP contribution in [-0.4, -0.2) is 43.0 Å². The van der Waals surface area contributed by atoms with E-state index >= 15 is 0 Å². The van der Waals surface area contributed by atoms with Crippen LogP contribution in [-0.2, 0) is 9.53 Å². The first-order valence-corrected chi connectivity index (χ1v) is 6.81. The van der Waals surface area contributed by atoms with Crippen molar-refractivity contribution < 1.29 is 14.3 Å². The Labute approximate surface area is 118 Å². The molecule has 1 fully saturated rings. The second-order valence-electron chi connectivity index (χ2n) is 5.08. The highest BCUT2D eigenvalue weighted by Gasteiger charge is 2.20. The first kappa shape index (κ1) is 14.5. The summed E-state index contributed by atoms with van der Waals surface area (Å²) < 4.78 is 5.54. The number of nitrogens with one attached hydrogen (secondary N) is 1. The van der Waals surface area contributed by atoms with Gasteiger partial charge in [-0.25, -0.2) is 0 Å².